The van der Waals surface area contributed by atoms with E-state index in [1.165, 1.54) is 29.2 Å². The maximum atomic E-state index is 13.9. The van der Waals surface area contributed by atoms with Gasteiger partial charge in [0.1, 0.15) is 12.1 Å². The summed E-state index contributed by atoms with van der Waals surface area (Å²) < 4.78 is 60.5. The summed E-state index contributed by atoms with van der Waals surface area (Å²) in [4.78, 5) is 3.01. The lowest BCUT2D eigenvalue weighted by Gasteiger charge is -2.13. The summed E-state index contributed by atoms with van der Waals surface area (Å²) in [5.41, 5.74) is 0.608. The second kappa shape index (κ2) is 5.47. The molecule has 0 amide bonds. The van der Waals surface area contributed by atoms with E-state index in [1.54, 1.807) is 0 Å². The highest BCUT2D eigenvalue weighted by Gasteiger charge is 2.27. The van der Waals surface area contributed by atoms with E-state index in [1.807, 2.05) is 0 Å². The first-order chi connectivity index (χ1) is 10.9. The topological polar surface area (TPSA) is 85.6 Å². The van der Waals surface area contributed by atoms with Gasteiger partial charge in [-0.05, 0) is 24.3 Å². The largest absolute Gasteiger partial charge is 0.492 e. The van der Waals surface area contributed by atoms with Crippen LogP contribution in [0.2, 0.25) is 0 Å². The van der Waals surface area contributed by atoms with Gasteiger partial charge in [0.15, 0.2) is 22.1 Å². The van der Waals surface area contributed by atoms with E-state index in [2.05, 4.69) is 19.5 Å². The number of hydrogen-bond donors (Lipinski definition) is 1. The maximum absolute atomic E-state index is 13.9. The van der Waals surface area contributed by atoms with E-state index in [0.29, 0.717) is 11.7 Å². The molecule has 2 heterocycles. The van der Waals surface area contributed by atoms with Crippen molar-refractivity contribution in [1.82, 2.24) is 14.6 Å². The quantitative estimate of drug-likeness (QED) is 0.783. The highest BCUT2D eigenvalue weighted by molar-refractivity contribution is 7.92. The van der Waals surface area contributed by atoms with Crippen LogP contribution in [0.3, 0.4) is 0 Å². The summed E-state index contributed by atoms with van der Waals surface area (Å²) in [6.45, 7) is 0. The van der Waals surface area contributed by atoms with E-state index in [0.717, 1.165) is 13.2 Å². The van der Waals surface area contributed by atoms with E-state index >= 15 is 0 Å². The van der Waals surface area contributed by atoms with E-state index in [9.17, 15) is 17.2 Å². The third-order valence-corrected chi connectivity index (χ3v) is 4.44. The first kappa shape index (κ1) is 15.2. The smallest absolute Gasteiger partial charge is 0.268 e. The average molecular weight is 340 g/mol. The van der Waals surface area contributed by atoms with Crippen molar-refractivity contribution in [2.24, 2.45) is 0 Å². The number of rotatable bonds is 4. The van der Waals surface area contributed by atoms with Crippen molar-refractivity contribution in [2.75, 3.05) is 11.8 Å². The molecule has 0 atom stereocenters. The summed E-state index contributed by atoms with van der Waals surface area (Å²) in [5.74, 6) is -2.81. The first-order valence-corrected chi connectivity index (χ1v) is 7.75. The Morgan fingerprint density at radius 3 is 2.65 bits per heavy atom. The highest BCUT2D eigenvalue weighted by atomic mass is 32.2. The molecule has 7 nitrogen and oxygen atoms in total. The average Bonchev–Trinajstić information content (AvgIpc) is 2.96. The van der Waals surface area contributed by atoms with Gasteiger partial charge in [-0.15, -0.1) is 0 Å². The lowest BCUT2D eigenvalue weighted by Crippen LogP contribution is -2.17. The fraction of sp³-hybridized carbons (Fsp3) is 0.0769. The molecule has 0 aliphatic rings. The van der Waals surface area contributed by atoms with Gasteiger partial charge in [0, 0.05) is 0 Å². The Hall–Kier alpha value is -2.75. The standard InChI is InChI=1S/C13H10F2N4O3S/c1-22-12-9(14)3-4-10(15)13(12)23(20,21)18-8-2-5-11-16-7-17-19(11)6-8/h2-7,18H,1H3. The van der Waals surface area contributed by atoms with E-state index < -0.39 is 32.3 Å². The summed E-state index contributed by atoms with van der Waals surface area (Å²) in [5, 5.41) is 3.86. The Labute approximate surface area is 129 Å². The second-order valence-electron chi connectivity index (χ2n) is 4.48. The van der Waals surface area contributed by atoms with Crippen molar-refractivity contribution in [3.63, 3.8) is 0 Å². The molecule has 10 heteroatoms. The Morgan fingerprint density at radius 1 is 1.17 bits per heavy atom. The van der Waals surface area contributed by atoms with Crippen molar-refractivity contribution in [2.45, 2.75) is 4.90 Å². The number of nitrogens with zero attached hydrogens (tertiary/aromatic N) is 3. The molecule has 0 unspecified atom stereocenters. The van der Waals surface area contributed by atoms with Gasteiger partial charge in [-0.2, -0.15) is 5.10 Å². The lowest BCUT2D eigenvalue weighted by atomic mass is 10.3. The molecule has 0 saturated heterocycles. The minimum absolute atomic E-state index is 0.105. The number of fused-ring (bicyclic) bond motifs is 1. The third-order valence-electron chi connectivity index (χ3n) is 3.02. The number of methoxy groups -OCH3 is 1. The van der Waals surface area contributed by atoms with E-state index in [4.69, 9.17) is 0 Å². The molecule has 0 aliphatic carbocycles. The summed E-state index contributed by atoms with van der Waals surface area (Å²) in [6, 6.07) is 4.44. The molecule has 0 radical (unpaired) electrons. The third kappa shape index (κ3) is 2.68. The second-order valence-corrected chi connectivity index (χ2v) is 6.10. The molecule has 23 heavy (non-hydrogen) atoms. The lowest BCUT2D eigenvalue weighted by molar-refractivity contribution is 0.366. The number of halogens is 2. The highest BCUT2D eigenvalue weighted by Crippen LogP contribution is 2.31. The molecule has 0 fully saturated rings. The van der Waals surface area contributed by atoms with Crippen molar-refractivity contribution in [3.05, 3.63) is 48.4 Å². The van der Waals surface area contributed by atoms with Gasteiger partial charge >= 0.3 is 0 Å². The normalized spacial score (nSPS) is 11.6. The molecule has 120 valence electrons. The number of anilines is 1. The molecule has 3 aromatic rings. The van der Waals surface area contributed by atoms with Crippen LogP contribution in [0.4, 0.5) is 14.5 Å². The number of nitrogens with one attached hydrogen (secondary N) is 1. The van der Waals surface area contributed by atoms with Crippen LogP contribution in [0.5, 0.6) is 5.75 Å². The van der Waals surface area contributed by atoms with Crippen LogP contribution in [0.25, 0.3) is 5.65 Å². The molecule has 0 bridgehead atoms. The van der Waals surface area contributed by atoms with Crippen LogP contribution < -0.4 is 9.46 Å². The van der Waals surface area contributed by atoms with Crippen molar-refractivity contribution in [3.8, 4) is 5.75 Å². The Bertz CT molecular complexity index is 988. The molecule has 0 aliphatic heterocycles. The number of ether oxygens (including phenoxy) is 1. The zero-order valence-corrected chi connectivity index (χ0v) is 12.5. The predicted octanol–water partition coefficient (Wildman–Crippen LogP) is 1.82. The molecular formula is C13H10F2N4O3S. The van der Waals surface area contributed by atoms with Crippen LogP contribution in [0, 0.1) is 11.6 Å². The van der Waals surface area contributed by atoms with Crippen LogP contribution in [0.1, 0.15) is 0 Å². The van der Waals surface area contributed by atoms with Crippen LogP contribution in [0.15, 0.2) is 41.7 Å². The van der Waals surface area contributed by atoms with Crippen molar-refractivity contribution < 1.29 is 21.9 Å². The van der Waals surface area contributed by atoms with Crippen molar-refractivity contribution in [1.29, 1.82) is 0 Å². The Kier molecular flexibility index (Phi) is 3.60. The van der Waals surface area contributed by atoms with Gasteiger partial charge in [-0.25, -0.2) is 26.7 Å². The van der Waals surface area contributed by atoms with E-state index in [-0.39, 0.29) is 5.69 Å². The molecule has 2 aromatic heterocycles. The SMILES string of the molecule is COc1c(F)ccc(F)c1S(=O)(=O)Nc1ccc2ncnn2c1. The number of aromatic nitrogens is 3. The molecule has 3 rings (SSSR count). The van der Waals surface area contributed by atoms with Crippen LogP contribution in [-0.4, -0.2) is 30.1 Å². The fourth-order valence-electron chi connectivity index (χ4n) is 2.04. The zero-order chi connectivity index (χ0) is 16.6. The predicted molar refractivity (Wildman–Crippen MR) is 76.7 cm³/mol. The van der Waals surface area contributed by atoms with Crippen LogP contribution >= 0.6 is 0 Å². The van der Waals surface area contributed by atoms with Crippen molar-refractivity contribution >= 4 is 21.4 Å². The van der Waals surface area contributed by atoms with Gasteiger partial charge in [0.25, 0.3) is 10.0 Å². The minimum atomic E-state index is -4.41. The van der Waals surface area contributed by atoms with Crippen LogP contribution in [-0.2, 0) is 10.0 Å². The number of benzene rings is 1. The number of sulfonamides is 1. The van der Waals surface area contributed by atoms with Gasteiger partial charge in [-0.3, -0.25) is 4.72 Å². The number of hydrogen-bond acceptors (Lipinski definition) is 5. The van der Waals surface area contributed by atoms with Gasteiger partial charge in [0.2, 0.25) is 0 Å². The Balaban J connectivity index is 2.07. The first-order valence-electron chi connectivity index (χ1n) is 6.26. The summed E-state index contributed by atoms with van der Waals surface area (Å²) in [7, 11) is -3.36. The minimum Gasteiger partial charge on any atom is -0.492 e. The molecule has 1 aromatic carbocycles. The molecule has 0 saturated carbocycles. The molecule has 1 N–H and O–H groups in total. The summed E-state index contributed by atoms with van der Waals surface area (Å²) in [6.07, 6.45) is 2.65. The zero-order valence-electron chi connectivity index (χ0n) is 11.7. The number of pyridine rings is 1. The van der Waals surface area contributed by atoms with Gasteiger partial charge < -0.3 is 4.74 Å². The van der Waals surface area contributed by atoms with Gasteiger partial charge in [-0.1, -0.05) is 0 Å². The van der Waals surface area contributed by atoms with Gasteiger partial charge in [0.05, 0.1) is 19.0 Å². The molecular weight excluding hydrogens is 330 g/mol. The monoisotopic (exact) mass is 340 g/mol. The maximum Gasteiger partial charge on any atom is 0.268 e. The summed E-state index contributed by atoms with van der Waals surface area (Å²) >= 11 is 0. The molecule has 0 spiro atoms. The Morgan fingerprint density at radius 2 is 1.91 bits per heavy atom. The fourth-order valence-corrected chi connectivity index (χ4v) is 3.32.